The summed E-state index contributed by atoms with van der Waals surface area (Å²) in [4.78, 5) is 0. The molecule has 0 bridgehead atoms. The highest BCUT2D eigenvalue weighted by molar-refractivity contribution is 7.98. The Morgan fingerprint density at radius 1 is 1.43 bits per heavy atom. The van der Waals surface area contributed by atoms with Gasteiger partial charge in [-0.3, -0.25) is 0 Å². The fourth-order valence-corrected chi connectivity index (χ4v) is 2.27. The van der Waals surface area contributed by atoms with Crippen LogP contribution >= 0.6 is 11.8 Å². The van der Waals surface area contributed by atoms with Crippen molar-refractivity contribution in [2.75, 3.05) is 5.75 Å². The number of aliphatic hydroxyl groups is 1. The predicted octanol–water partition coefficient (Wildman–Crippen LogP) is 3.00. The van der Waals surface area contributed by atoms with E-state index in [4.69, 9.17) is 0 Å². The molecule has 0 amide bonds. The Morgan fingerprint density at radius 3 is 2.86 bits per heavy atom. The van der Waals surface area contributed by atoms with Crippen LogP contribution in [0.1, 0.15) is 24.5 Å². The third-order valence-corrected chi connectivity index (χ3v) is 3.29. The molecule has 78 valence electrons. The summed E-state index contributed by atoms with van der Waals surface area (Å²) in [6.45, 7) is 4.12. The van der Waals surface area contributed by atoms with Gasteiger partial charge in [0.15, 0.2) is 0 Å². The Hall–Kier alpha value is -0.470. The van der Waals surface area contributed by atoms with E-state index < -0.39 is 0 Å². The fourth-order valence-electron chi connectivity index (χ4n) is 1.23. The van der Waals surface area contributed by atoms with Crippen molar-refractivity contribution in [1.82, 2.24) is 0 Å². The Labute approximate surface area is 90.5 Å². The van der Waals surface area contributed by atoms with Gasteiger partial charge in [-0.1, -0.05) is 36.8 Å². The van der Waals surface area contributed by atoms with Gasteiger partial charge in [-0.15, -0.1) is 0 Å². The molecule has 1 nitrogen and oxygen atoms in total. The van der Waals surface area contributed by atoms with Crippen molar-refractivity contribution < 1.29 is 5.11 Å². The van der Waals surface area contributed by atoms with E-state index in [0.29, 0.717) is 0 Å². The maximum Gasteiger partial charge on any atom is 0.0628 e. The summed E-state index contributed by atoms with van der Waals surface area (Å²) in [5.41, 5.74) is 2.65. The van der Waals surface area contributed by atoms with E-state index in [9.17, 15) is 5.11 Å². The lowest BCUT2D eigenvalue weighted by Crippen LogP contribution is -2.07. The van der Waals surface area contributed by atoms with Gasteiger partial charge in [0, 0.05) is 11.5 Å². The second-order valence-corrected chi connectivity index (χ2v) is 4.60. The minimum absolute atomic E-state index is 0.148. The molecule has 0 aliphatic carbocycles. The largest absolute Gasteiger partial charge is 0.392 e. The van der Waals surface area contributed by atoms with Crippen molar-refractivity contribution in [3.63, 3.8) is 0 Å². The van der Waals surface area contributed by atoms with E-state index in [1.54, 1.807) is 11.8 Å². The second-order valence-electron chi connectivity index (χ2n) is 3.57. The number of aliphatic hydroxyl groups excluding tert-OH is 1. The second kappa shape index (κ2) is 6.10. The normalized spacial score (nSPS) is 12.8. The molecule has 1 unspecified atom stereocenters. The van der Waals surface area contributed by atoms with Crippen molar-refractivity contribution in [3.8, 4) is 0 Å². The van der Waals surface area contributed by atoms with Crippen LogP contribution in [0, 0.1) is 6.92 Å². The highest BCUT2D eigenvalue weighted by Crippen LogP contribution is 2.14. The Bertz CT molecular complexity index is 273. The third kappa shape index (κ3) is 4.16. The molecule has 0 saturated carbocycles. The Balaban J connectivity index is 2.31. The van der Waals surface area contributed by atoms with Crippen molar-refractivity contribution in [2.45, 2.75) is 32.1 Å². The van der Waals surface area contributed by atoms with Gasteiger partial charge in [0.25, 0.3) is 0 Å². The smallest absolute Gasteiger partial charge is 0.0628 e. The van der Waals surface area contributed by atoms with Crippen LogP contribution in [0.15, 0.2) is 24.3 Å². The first-order chi connectivity index (χ1) is 6.72. The molecule has 1 rings (SSSR count). The van der Waals surface area contributed by atoms with Crippen molar-refractivity contribution in [1.29, 1.82) is 0 Å². The van der Waals surface area contributed by atoms with E-state index >= 15 is 0 Å². The molecule has 0 radical (unpaired) electrons. The molecule has 0 aliphatic heterocycles. The quantitative estimate of drug-likeness (QED) is 0.806. The molecule has 14 heavy (non-hydrogen) atoms. The molecule has 0 fully saturated rings. The van der Waals surface area contributed by atoms with E-state index in [1.165, 1.54) is 11.1 Å². The highest BCUT2D eigenvalue weighted by atomic mass is 32.2. The molecule has 0 saturated heterocycles. The number of hydrogen-bond donors (Lipinski definition) is 1. The van der Waals surface area contributed by atoms with Crippen LogP contribution in [0.3, 0.4) is 0 Å². The van der Waals surface area contributed by atoms with Gasteiger partial charge in [-0.25, -0.2) is 0 Å². The van der Waals surface area contributed by atoms with Crippen molar-refractivity contribution >= 4 is 11.8 Å². The first-order valence-electron chi connectivity index (χ1n) is 5.03. The number of benzene rings is 1. The maximum absolute atomic E-state index is 9.37. The van der Waals surface area contributed by atoms with Crippen LogP contribution in [-0.4, -0.2) is 17.0 Å². The molecule has 1 atom stereocenters. The Morgan fingerprint density at radius 2 is 2.21 bits per heavy atom. The van der Waals surface area contributed by atoms with Gasteiger partial charge in [0.05, 0.1) is 6.10 Å². The zero-order valence-electron chi connectivity index (χ0n) is 8.86. The first kappa shape index (κ1) is 11.6. The number of rotatable bonds is 5. The molecular weight excluding hydrogens is 192 g/mol. The molecule has 1 N–H and O–H groups in total. The van der Waals surface area contributed by atoms with E-state index in [2.05, 4.69) is 31.2 Å². The van der Waals surface area contributed by atoms with E-state index in [0.717, 1.165) is 17.9 Å². The number of hydrogen-bond acceptors (Lipinski definition) is 2. The summed E-state index contributed by atoms with van der Waals surface area (Å²) >= 11 is 1.80. The van der Waals surface area contributed by atoms with Crippen molar-refractivity contribution in [3.05, 3.63) is 35.4 Å². The summed E-state index contributed by atoms with van der Waals surface area (Å²) < 4.78 is 0. The summed E-state index contributed by atoms with van der Waals surface area (Å²) in [6.07, 6.45) is 0.700. The van der Waals surface area contributed by atoms with Crippen LogP contribution in [-0.2, 0) is 5.75 Å². The molecular formula is C12H18OS. The lowest BCUT2D eigenvalue weighted by atomic mass is 10.2. The fraction of sp³-hybridized carbons (Fsp3) is 0.500. The van der Waals surface area contributed by atoms with Gasteiger partial charge < -0.3 is 5.11 Å². The minimum atomic E-state index is -0.148. The average molecular weight is 210 g/mol. The third-order valence-electron chi connectivity index (χ3n) is 2.13. The molecule has 0 aromatic heterocycles. The van der Waals surface area contributed by atoms with Gasteiger partial charge in [-0.2, -0.15) is 11.8 Å². The predicted molar refractivity (Wildman–Crippen MR) is 63.6 cm³/mol. The van der Waals surface area contributed by atoms with E-state index in [1.807, 2.05) is 6.92 Å². The summed E-state index contributed by atoms with van der Waals surface area (Å²) in [5.74, 6) is 1.84. The van der Waals surface area contributed by atoms with Gasteiger partial charge in [0.2, 0.25) is 0 Å². The lowest BCUT2D eigenvalue weighted by Gasteiger charge is -2.07. The van der Waals surface area contributed by atoms with Gasteiger partial charge >= 0.3 is 0 Å². The number of aryl methyl sites for hydroxylation is 1. The van der Waals surface area contributed by atoms with Crippen LogP contribution < -0.4 is 0 Å². The van der Waals surface area contributed by atoms with Crippen LogP contribution in [0.4, 0.5) is 0 Å². The number of thioether (sulfide) groups is 1. The molecule has 1 aromatic rings. The Kier molecular flexibility index (Phi) is 5.05. The molecule has 1 aromatic carbocycles. The van der Waals surface area contributed by atoms with Gasteiger partial charge in [0.1, 0.15) is 0 Å². The standard InChI is InChI=1S/C12H18OS/c1-3-12(13)9-14-8-11-6-4-5-10(2)7-11/h4-7,12-13H,3,8-9H2,1-2H3. The summed E-state index contributed by atoms with van der Waals surface area (Å²) in [6, 6.07) is 8.53. The maximum atomic E-state index is 9.37. The van der Waals surface area contributed by atoms with Crippen molar-refractivity contribution in [2.24, 2.45) is 0 Å². The van der Waals surface area contributed by atoms with Gasteiger partial charge in [-0.05, 0) is 18.9 Å². The highest BCUT2D eigenvalue weighted by Gasteiger charge is 2.00. The zero-order chi connectivity index (χ0) is 10.4. The van der Waals surface area contributed by atoms with Crippen LogP contribution in [0.25, 0.3) is 0 Å². The van der Waals surface area contributed by atoms with Crippen LogP contribution in [0.5, 0.6) is 0 Å². The minimum Gasteiger partial charge on any atom is -0.392 e. The first-order valence-corrected chi connectivity index (χ1v) is 6.19. The summed E-state index contributed by atoms with van der Waals surface area (Å²) in [5, 5.41) is 9.37. The molecule has 2 heteroatoms. The topological polar surface area (TPSA) is 20.2 Å². The molecule has 0 spiro atoms. The lowest BCUT2D eigenvalue weighted by molar-refractivity contribution is 0.195. The van der Waals surface area contributed by atoms with E-state index in [-0.39, 0.29) is 6.10 Å². The summed E-state index contributed by atoms with van der Waals surface area (Å²) in [7, 11) is 0. The zero-order valence-corrected chi connectivity index (χ0v) is 9.68. The monoisotopic (exact) mass is 210 g/mol. The SMILES string of the molecule is CCC(O)CSCc1cccc(C)c1. The van der Waals surface area contributed by atoms with Crippen LogP contribution in [0.2, 0.25) is 0 Å². The average Bonchev–Trinajstić information content (AvgIpc) is 2.17. The molecule has 0 aliphatic rings. The molecule has 0 heterocycles.